The maximum absolute atomic E-state index is 13.1. The molecule has 6 nitrogen and oxygen atoms in total. The van der Waals surface area contributed by atoms with E-state index in [1.807, 2.05) is 26.0 Å². The molecule has 7 heteroatoms. The van der Waals surface area contributed by atoms with Crippen LogP contribution in [0.4, 0.5) is 11.5 Å². The Bertz CT molecular complexity index is 1040. The van der Waals surface area contributed by atoms with E-state index in [0.717, 1.165) is 37.3 Å². The first-order valence-corrected chi connectivity index (χ1v) is 9.42. The number of halogens is 1. The Morgan fingerprint density at radius 2 is 1.93 bits per heavy atom. The van der Waals surface area contributed by atoms with Crippen LogP contribution in [0.2, 0.25) is 5.02 Å². The number of carbonyl (C=O) groups excluding carboxylic acids is 1. The van der Waals surface area contributed by atoms with Crippen LogP contribution in [0.1, 0.15) is 40.3 Å². The zero-order valence-electron chi connectivity index (χ0n) is 15.6. The lowest BCUT2D eigenvalue weighted by atomic mass is 10.1. The van der Waals surface area contributed by atoms with Crippen molar-refractivity contribution in [1.29, 1.82) is 0 Å². The molecule has 0 aliphatic carbocycles. The van der Waals surface area contributed by atoms with Crippen molar-refractivity contribution in [3.63, 3.8) is 0 Å². The smallest absolute Gasteiger partial charge is 0.260 e. The summed E-state index contributed by atoms with van der Waals surface area (Å²) in [7, 11) is 0. The van der Waals surface area contributed by atoms with Crippen LogP contribution in [0, 0.1) is 20.8 Å². The second kappa shape index (κ2) is 6.85. The molecule has 140 valence electrons. The molecule has 27 heavy (non-hydrogen) atoms. The number of anilines is 2. The van der Waals surface area contributed by atoms with E-state index in [-0.39, 0.29) is 5.91 Å². The van der Waals surface area contributed by atoms with Crippen molar-refractivity contribution >= 4 is 40.1 Å². The molecule has 1 N–H and O–H groups in total. The highest BCUT2D eigenvalue weighted by Crippen LogP contribution is 2.34. The predicted molar refractivity (Wildman–Crippen MR) is 107 cm³/mol. The fourth-order valence-electron chi connectivity index (χ4n) is 3.56. The van der Waals surface area contributed by atoms with E-state index in [4.69, 9.17) is 16.0 Å². The Morgan fingerprint density at radius 1 is 1.19 bits per heavy atom. The molecule has 0 bridgehead atoms. The summed E-state index contributed by atoms with van der Waals surface area (Å²) >= 11 is 6.18. The van der Waals surface area contributed by atoms with E-state index in [0.29, 0.717) is 39.0 Å². The van der Waals surface area contributed by atoms with Gasteiger partial charge in [0.15, 0.2) is 0 Å². The number of hydrogen-bond donors (Lipinski definition) is 1. The summed E-state index contributed by atoms with van der Waals surface area (Å²) < 4.78 is 5.83. The third-order valence-electron chi connectivity index (χ3n) is 4.97. The maximum atomic E-state index is 13.1. The Hall–Kier alpha value is -2.60. The summed E-state index contributed by atoms with van der Waals surface area (Å²) in [4.78, 5) is 24.4. The Balaban J connectivity index is 1.82. The molecule has 4 rings (SSSR count). The topological polar surface area (TPSA) is 71.3 Å². The van der Waals surface area contributed by atoms with E-state index in [9.17, 15) is 4.79 Å². The number of amides is 1. The van der Waals surface area contributed by atoms with Gasteiger partial charge in [0.05, 0.1) is 10.9 Å². The van der Waals surface area contributed by atoms with Crippen molar-refractivity contribution in [2.24, 2.45) is 0 Å². The molecule has 0 atom stereocenters. The summed E-state index contributed by atoms with van der Waals surface area (Å²) in [6.07, 6.45) is 2.23. The first-order chi connectivity index (χ1) is 13.0. The second-order valence-corrected chi connectivity index (χ2v) is 7.28. The van der Waals surface area contributed by atoms with Gasteiger partial charge in [-0.1, -0.05) is 17.7 Å². The molecule has 1 aliphatic rings. The summed E-state index contributed by atoms with van der Waals surface area (Å²) in [5, 5.41) is 4.25. The lowest BCUT2D eigenvalue weighted by molar-refractivity contribution is 0.102. The van der Waals surface area contributed by atoms with Gasteiger partial charge in [-0.15, -0.1) is 0 Å². The average molecular weight is 385 g/mol. The number of benzene rings is 1. The minimum Gasteiger partial charge on any atom is -0.442 e. The molecule has 0 unspecified atom stereocenters. The van der Waals surface area contributed by atoms with Crippen LogP contribution in [-0.4, -0.2) is 29.0 Å². The average Bonchev–Trinajstić information content (AvgIpc) is 3.25. The van der Waals surface area contributed by atoms with Crippen LogP contribution < -0.4 is 10.2 Å². The monoisotopic (exact) mass is 384 g/mol. The van der Waals surface area contributed by atoms with Gasteiger partial charge in [0.1, 0.15) is 17.4 Å². The highest BCUT2D eigenvalue weighted by molar-refractivity contribution is 6.32. The highest BCUT2D eigenvalue weighted by atomic mass is 35.5. The first kappa shape index (κ1) is 17.8. The van der Waals surface area contributed by atoms with E-state index in [2.05, 4.69) is 20.2 Å². The number of nitrogens with zero attached hydrogens (tertiary/aromatic N) is 3. The summed E-state index contributed by atoms with van der Waals surface area (Å²) in [6, 6.07) is 5.44. The van der Waals surface area contributed by atoms with Crippen LogP contribution in [0.25, 0.3) is 11.1 Å². The van der Waals surface area contributed by atoms with Gasteiger partial charge in [0.25, 0.3) is 5.91 Å². The largest absolute Gasteiger partial charge is 0.442 e. The normalized spacial score (nSPS) is 14.1. The summed E-state index contributed by atoms with van der Waals surface area (Å²) in [5.74, 6) is 1.70. The van der Waals surface area contributed by atoms with Crippen LogP contribution in [-0.2, 0) is 0 Å². The molecule has 1 aromatic carbocycles. The van der Waals surface area contributed by atoms with Crippen molar-refractivity contribution in [3.05, 3.63) is 45.9 Å². The molecule has 0 spiro atoms. The molecule has 1 fully saturated rings. The van der Waals surface area contributed by atoms with E-state index in [1.165, 1.54) is 0 Å². The zero-order valence-corrected chi connectivity index (χ0v) is 16.4. The standard InChI is InChI=1S/C20H21ClN4O2/c1-11-14(21)7-6-8-15(11)24-19(26)16-12(2)27-20-17(16)18(22-13(3)23-20)25-9-4-5-10-25/h6-8H,4-5,9-10H2,1-3H3,(H,24,26). The molecule has 2 aromatic heterocycles. The zero-order chi connectivity index (χ0) is 19.1. The molecule has 1 saturated heterocycles. The van der Waals surface area contributed by atoms with Crippen molar-refractivity contribution in [2.45, 2.75) is 33.6 Å². The minimum absolute atomic E-state index is 0.246. The lowest BCUT2D eigenvalue weighted by Crippen LogP contribution is -2.21. The third kappa shape index (κ3) is 3.14. The Labute approximate surface area is 162 Å². The van der Waals surface area contributed by atoms with Gasteiger partial charge < -0.3 is 14.6 Å². The van der Waals surface area contributed by atoms with Gasteiger partial charge in [-0.2, -0.15) is 4.98 Å². The molecular formula is C20H21ClN4O2. The van der Waals surface area contributed by atoms with Gasteiger partial charge in [-0.05, 0) is 51.3 Å². The number of nitrogens with one attached hydrogen (secondary N) is 1. The Morgan fingerprint density at radius 3 is 2.67 bits per heavy atom. The van der Waals surface area contributed by atoms with Crippen molar-refractivity contribution in [1.82, 2.24) is 9.97 Å². The molecule has 1 aliphatic heterocycles. The SMILES string of the molecule is Cc1nc(N2CCCC2)c2c(C(=O)Nc3cccc(Cl)c3C)c(C)oc2n1. The van der Waals surface area contributed by atoms with Crippen LogP contribution >= 0.6 is 11.6 Å². The molecule has 0 radical (unpaired) electrons. The Kier molecular flexibility index (Phi) is 4.52. The van der Waals surface area contributed by atoms with Gasteiger partial charge >= 0.3 is 0 Å². The number of rotatable bonds is 3. The van der Waals surface area contributed by atoms with Gasteiger partial charge in [-0.25, -0.2) is 4.98 Å². The fraction of sp³-hybridized carbons (Fsp3) is 0.350. The molecule has 1 amide bonds. The second-order valence-electron chi connectivity index (χ2n) is 6.87. The summed E-state index contributed by atoms with van der Waals surface area (Å²) in [6.45, 7) is 7.34. The predicted octanol–water partition coefficient (Wildman–Crippen LogP) is 4.65. The number of hydrogen-bond acceptors (Lipinski definition) is 5. The third-order valence-corrected chi connectivity index (χ3v) is 5.38. The number of aryl methyl sites for hydroxylation is 2. The lowest BCUT2D eigenvalue weighted by Gasteiger charge is -2.18. The van der Waals surface area contributed by atoms with Crippen molar-refractivity contribution in [3.8, 4) is 0 Å². The molecular weight excluding hydrogens is 364 g/mol. The molecule has 3 aromatic rings. The fourth-order valence-corrected chi connectivity index (χ4v) is 3.73. The maximum Gasteiger partial charge on any atom is 0.260 e. The number of furan rings is 1. The number of carbonyl (C=O) groups is 1. The minimum atomic E-state index is -0.246. The van der Waals surface area contributed by atoms with Gasteiger partial charge in [0, 0.05) is 23.8 Å². The van der Waals surface area contributed by atoms with Crippen LogP contribution in [0.3, 0.4) is 0 Å². The van der Waals surface area contributed by atoms with E-state index < -0.39 is 0 Å². The molecule has 0 saturated carbocycles. The van der Waals surface area contributed by atoms with Crippen molar-refractivity contribution < 1.29 is 9.21 Å². The van der Waals surface area contributed by atoms with Crippen LogP contribution in [0.15, 0.2) is 22.6 Å². The van der Waals surface area contributed by atoms with E-state index in [1.54, 1.807) is 13.0 Å². The summed E-state index contributed by atoms with van der Waals surface area (Å²) in [5.41, 5.74) is 2.43. The van der Waals surface area contributed by atoms with Crippen LogP contribution in [0.5, 0.6) is 0 Å². The van der Waals surface area contributed by atoms with E-state index >= 15 is 0 Å². The highest BCUT2D eigenvalue weighted by Gasteiger charge is 2.27. The van der Waals surface area contributed by atoms with Gasteiger partial charge in [0.2, 0.25) is 5.71 Å². The first-order valence-electron chi connectivity index (χ1n) is 9.05. The number of aromatic nitrogens is 2. The van der Waals surface area contributed by atoms with Gasteiger partial charge in [-0.3, -0.25) is 4.79 Å². The molecule has 3 heterocycles. The van der Waals surface area contributed by atoms with Crippen molar-refractivity contribution in [2.75, 3.05) is 23.3 Å². The quantitative estimate of drug-likeness (QED) is 0.711. The number of fused-ring (bicyclic) bond motifs is 1.